The van der Waals surface area contributed by atoms with Gasteiger partial charge in [-0.2, -0.15) is 0 Å². The molecule has 0 aromatic rings. The molecule has 0 aromatic heterocycles. The van der Waals surface area contributed by atoms with E-state index in [1.165, 1.54) is 0 Å². The molecule has 0 rings (SSSR count). The fourth-order valence-corrected chi connectivity index (χ4v) is 0.328. The standard InChI is InChI=1S/C6H11O.K/c1-6(2)4-3-5-7;/h3-4,6H,5H2,1-2H3;/q-1;+1/b4-3+;. The number of rotatable bonds is 2. The molecular formula is C6H11KO. The fraction of sp³-hybridized carbons (Fsp3) is 0.667. The molecule has 0 aromatic carbocycles. The molecule has 0 saturated heterocycles. The molecule has 0 aliphatic carbocycles. The third-order valence-corrected chi connectivity index (χ3v) is 0.617. The molecule has 0 unspecified atom stereocenters. The van der Waals surface area contributed by atoms with Crippen LogP contribution < -0.4 is 56.5 Å². The van der Waals surface area contributed by atoms with Crippen LogP contribution in [0.3, 0.4) is 0 Å². The Balaban J connectivity index is 0. The van der Waals surface area contributed by atoms with Crippen molar-refractivity contribution in [2.45, 2.75) is 13.8 Å². The van der Waals surface area contributed by atoms with E-state index in [0.29, 0.717) is 5.92 Å². The van der Waals surface area contributed by atoms with Crippen molar-refractivity contribution < 1.29 is 56.5 Å². The van der Waals surface area contributed by atoms with Crippen LogP contribution >= 0.6 is 0 Å². The van der Waals surface area contributed by atoms with E-state index in [1.807, 2.05) is 19.9 Å². The monoisotopic (exact) mass is 138 g/mol. The zero-order valence-corrected chi connectivity index (χ0v) is 8.97. The molecule has 8 heavy (non-hydrogen) atoms. The van der Waals surface area contributed by atoms with E-state index >= 15 is 0 Å². The molecule has 1 nitrogen and oxygen atoms in total. The molecule has 0 spiro atoms. The Hall–Kier alpha value is 1.34. The molecule has 0 aliphatic heterocycles. The SMILES string of the molecule is CC(C)/C=C/C[O-].[K+]. The molecule has 0 N–H and O–H groups in total. The van der Waals surface area contributed by atoms with Crippen molar-refractivity contribution in [3.8, 4) is 0 Å². The van der Waals surface area contributed by atoms with Crippen molar-refractivity contribution in [1.82, 2.24) is 0 Å². The Kier molecular flexibility index (Phi) is 12.6. The minimum Gasteiger partial charge on any atom is -0.851 e. The maximum Gasteiger partial charge on any atom is 1.00 e. The largest absolute Gasteiger partial charge is 1.00 e. The van der Waals surface area contributed by atoms with E-state index in [0.717, 1.165) is 0 Å². The van der Waals surface area contributed by atoms with Gasteiger partial charge in [0.15, 0.2) is 0 Å². The van der Waals surface area contributed by atoms with E-state index in [4.69, 9.17) is 0 Å². The fourth-order valence-electron chi connectivity index (χ4n) is 0.328. The number of allylic oxidation sites excluding steroid dienone is 1. The Labute approximate surface area is 93.6 Å². The van der Waals surface area contributed by atoms with Crippen molar-refractivity contribution in [3.05, 3.63) is 12.2 Å². The maximum absolute atomic E-state index is 9.75. The molecule has 0 radical (unpaired) electrons. The van der Waals surface area contributed by atoms with Gasteiger partial charge in [-0.15, -0.1) is 12.7 Å². The Morgan fingerprint density at radius 3 is 2.12 bits per heavy atom. The molecule has 0 amide bonds. The van der Waals surface area contributed by atoms with Gasteiger partial charge in [0.05, 0.1) is 0 Å². The number of hydrogen-bond donors (Lipinski definition) is 0. The van der Waals surface area contributed by atoms with Crippen LogP contribution in [0.5, 0.6) is 0 Å². The van der Waals surface area contributed by atoms with E-state index in [2.05, 4.69) is 0 Å². The van der Waals surface area contributed by atoms with Crippen LogP contribution in [0.15, 0.2) is 12.2 Å². The molecule has 0 bridgehead atoms. The summed E-state index contributed by atoms with van der Waals surface area (Å²) in [5.41, 5.74) is 0. The third kappa shape index (κ3) is 10.3. The Morgan fingerprint density at radius 2 is 2.00 bits per heavy atom. The second-order valence-corrected chi connectivity index (χ2v) is 1.84. The van der Waals surface area contributed by atoms with Gasteiger partial charge in [-0.25, -0.2) is 0 Å². The molecular weight excluding hydrogens is 127 g/mol. The minimum atomic E-state index is -0.0851. The summed E-state index contributed by atoms with van der Waals surface area (Å²) < 4.78 is 0. The molecule has 0 fully saturated rings. The van der Waals surface area contributed by atoms with Crippen molar-refractivity contribution >= 4 is 0 Å². The van der Waals surface area contributed by atoms with Crippen molar-refractivity contribution in [2.75, 3.05) is 6.61 Å². The van der Waals surface area contributed by atoms with Crippen molar-refractivity contribution in [1.29, 1.82) is 0 Å². The van der Waals surface area contributed by atoms with Gasteiger partial charge in [-0.3, -0.25) is 0 Å². The molecule has 0 atom stereocenters. The average Bonchev–Trinajstić information content (AvgIpc) is 1.61. The molecule has 0 saturated carbocycles. The van der Waals surface area contributed by atoms with Crippen LogP contribution in [0.1, 0.15) is 13.8 Å². The van der Waals surface area contributed by atoms with E-state index < -0.39 is 0 Å². The quantitative estimate of drug-likeness (QED) is 0.307. The predicted octanol–water partition coefficient (Wildman–Crippen LogP) is -2.44. The van der Waals surface area contributed by atoms with Crippen LogP contribution in [0.4, 0.5) is 0 Å². The normalized spacial score (nSPS) is 10.0. The van der Waals surface area contributed by atoms with Gasteiger partial charge in [-0.1, -0.05) is 19.9 Å². The summed E-state index contributed by atoms with van der Waals surface area (Å²) in [6.45, 7) is 4.01. The van der Waals surface area contributed by atoms with Crippen LogP contribution in [0.25, 0.3) is 0 Å². The zero-order valence-electron chi connectivity index (χ0n) is 5.85. The van der Waals surface area contributed by atoms with Crippen LogP contribution in [-0.2, 0) is 0 Å². The topological polar surface area (TPSA) is 23.1 Å². The summed E-state index contributed by atoms with van der Waals surface area (Å²) in [4.78, 5) is 0. The van der Waals surface area contributed by atoms with Gasteiger partial charge in [0.2, 0.25) is 0 Å². The molecule has 0 heterocycles. The first-order valence-corrected chi connectivity index (χ1v) is 2.52. The first-order chi connectivity index (χ1) is 3.27. The predicted molar refractivity (Wildman–Crippen MR) is 28.8 cm³/mol. The molecule has 2 heteroatoms. The second-order valence-electron chi connectivity index (χ2n) is 1.84. The molecule has 42 valence electrons. The van der Waals surface area contributed by atoms with Gasteiger partial charge < -0.3 is 5.11 Å². The smallest absolute Gasteiger partial charge is 0.851 e. The second kappa shape index (κ2) is 8.34. The van der Waals surface area contributed by atoms with Crippen LogP contribution in [0, 0.1) is 5.92 Å². The van der Waals surface area contributed by atoms with Gasteiger partial charge in [0.25, 0.3) is 0 Å². The number of hydrogen-bond acceptors (Lipinski definition) is 1. The van der Waals surface area contributed by atoms with Crippen LogP contribution in [-0.4, -0.2) is 6.61 Å². The van der Waals surface area contributed by atoms with Gasteiger partial charge in [0, 0.05) is 0 Å². The summed E-state index contributed by atoms with van der Waals surface area (Å²) in [5, 5.41) is 9.75. The average molecular weight is 138 g/mol. The van der Waals surface area contributed by atoms with Gasteiger partial charge in [-0.05, 0) is 5.92 Å². The molecule has 0 aliphatic rings. The van der Waals surface area contributed by atoms with Crippen molar-refractivity contribution in [3.63, 3.8) is 0 Å². The van der Waals surface area contributed by atoms with Crippen LogP contribution in [0.2, 0.25) is 0 Å². The Morgan fingerprint density at radius 1 is 1.50 bits per heavy atom. The van der Waals surface area contributed by atoms with E-state index in [-0.39, 0.29) is 58.0 Å². The maximum atomic E-state index is 9.75. The summed E-state index contributed by atoms with van der Waals surface area (Å²) in [5.74, 6) is 0.522. The van der Waals surface area contributed by atoms with Crippen molar-refractivity contribution in [2.24, 2.45) is 5.92 Å². The summed E-state index contributed by atoms with van der Waals surface area (Å²) in [6.07, 6.45) is 3.55. The summed E-state index contributed by atoms with van der Waals surface area (Å²) >= 11 is 0. The summed E-state index contributed by atoms with van der Waals surface area (Å²) in [6, 6.07) is 0. The van der Waals surface area contributed by atoms with E-state index in [1.54, 1.807) is 6.08 Å². The van der Waals surface area contributed by atoms with Gasteiger partial charge in [0.1, 0.15) is 0 Å². The first kappa shape index (κ1) is 12.1. The zero-order chi connectivity index (χ0) is 5.70. The Bertz CT molecular complexity index is 59.5. The minimum absolute atomic E-state index is 0. The summed E-state index contributed by atoms with van der Waals surface area (Å²) in [7, 11) is 0. The van der Waals surface area contributed by atoms with Gasteiger partial charge >= 0.3 is 51.4 Å². The first-order valence-electron chi connectivity index (χ1n) is 2.52. The van der Waals surface area contributed by atoms with E-state index in [9.17, 15) is 5.11 Å². The third-order valence-electron chi connectivity index (χ3n) is 0.617.